The molecule has 22 heavy (non-hydrogen) atoms. The molecule has 0 amide bonds. The van der Waals surface area contributed by atoms with Crippen LogP contribution in [0.1, 0.15) is 15.2 Å². The molecule has 4 heteroatoms. The van der Waals surface area contributed by atoms with E-state index in [-0.39, 0.29) is 11.5 Å². The third kappa shape index (κ3) is 2.73. The second-order valence-electron chi connectivity index (χ2n) is 4.75. The molecule has 2 aromatic carbocycles. The Balaban J connectivity index is 1.86. The van der Waals surface area contributed by atoms with Crippen molar-refractivity contribution in [3.05, 3.63) is 65.0 Å². The van der Waals surface area contributed by atoms with Crippen LogP contribution in [0.5, 0.6) is 11.5 Å². The molecule has 0 aliphatic carbocycles. The molecule has 3 aromatic rings. The monoisotopic (exact) mass is 310 g/mol. The smallest absolute Gasteiger partial charge is 0.199 e. The first-order chi connectivity index (χ1) is 10.7. The van der Waals surface area contributed by atoms with E-state index >= 15 is 0 Å². The number of methoxy groups -OCH3 is 1. The van der Waals surface area contributed by atoms with Crippen molar-refractivity contribution in [2.75, 3.05) is 7.11 Å². The Morgan fingerprint density at radius 3 is 2.55 bits per heavy atom. The third-order valence-electron chi connectivity index (χ3n) is 3.34. The number of carbonyl (C=O) groups is 1. The van der Waals surface area contributed by atoms with Crippen LogP contribution in [0.4, 0.5) is 0 Å². The standard InChI is InChI=1S/C18H14O3S/c1-21-13-9-6-12(7-10-13)8-11-15(19)18-17(20)14-4-2-3-5-16(14)22-18/h2-11,20H,1H3/b11-8+. The Morgan fingerprint density at radius 2 is 1.86 bits per heavy atom. The first kappa shape index (κ1) is 14.4. The lowest BCUT2D eigenvalue weighted by molar-refractivity contribution is 0.104. The maximum absolute atomic E-state index is 12.3. The van der Waals surface area contributed by atoms with E-state index in [9.17, 15) is 9.90 Å². The van der Waals surface area contributed by atoms with Crippen molar-refractivity contribution in [2.45, 2.75) is 0 Å². The number of rotatable bonds is 4. The number of ether oxygens (including phenoxy) is 1. The Labute approximate surface area is 132 Å². The molecule has 3 nitrogen and oxygen atoms in total. The highest BCUT2D eigenvalue weighted by molar-refractivity contribution is 7.21. The highest BCUT2D eigenvalue weighted by atomic mass is 32.1. The first-order valence-electron chi connectivity index (χ1n) is 6.76. The van der Waals surface area contributed by atoms with E-state index in [1.807, 2.05) is 48.5 Å². The van der Waals surface area contributed by atoms with Crippen LogP contribution < -0.4 is 4.74 Å². The van der Waals surface area contributed by atoms with Crippen LogP contribution in [0.3, 0.4) is 0 Å². The molecule has 3 rings (SSSR count). The van der Waals surface area contributed by atoms with Gasteiger partial charge < -0.3 is 9.84 Å². The van der Waals surface area contributed by atoms with Crippen LogP contribution in [0.2, 0.25) is 0 Å². The molecule has 0 fully saturated rings. The van der Waals surface area contributed by atoms with Crippen molar-refractivity contribution in [2.24, 2.45) is 0 Å². The molecule has 0 radical (unpaired) electrons. The quantitative estimate of drug-likeness (QED) is 0.569. The highest BCUT2D eigenvalue weighted by Gasteiger charge is 2.15. The lowest BCUT2D eigenvalue weighted by Crippen LogP contribution is -1.90. The topological polar surface area (TPSA) is 46.5 Å². The number of ketones is 1. The van der Waals surface area contributed by atoms with Gasteiger partial charge in [0.25, 0.3) is 0 Å². The van der Waals surface area contributed by atoms with E-state index in [4.69, 9.17) is 4.74 Å². The van der Waals surface area contributed by atoms with Crippen LogP contribution in [0.15, 0.2) is 54.6 Å². The van der Waals surface area contributed by atoms with Gasteiger partial charge in [-0.2, -0.15) is 0 Å². The molecule has 0 saturated carbocycles. The fourth-order valence-corrected chi connectivity index (χ4v) is 3.18. The molecule has 0 spiro atoms. The molecule has 0 saturated heterocycles. The molecule has 0 aliphatic rings. The zero-order valence-corrected chi connectivity index (χ0v) is 12.8. The van der Waals surface area contributed by atoms with Gasteiger partial charge in [0.1, 0.15) is 16.4 Å². The van der Waals surface area contributed by atoms with Crippen molar-refractivity contribution >= 4 is 33.3 Å². The van der Waals surface area contributed by atoms with E-state index < -0.39 is 0 Å². The number of aromatic hydroxyl groups is 1. The highest BCUT2D eigenvalue weighted by Crippen LogP contribution is 2.37. The van der Waals surface area contributed by atoms with E-state index in [2.05, 4.69) is 0 Å². The number of hydrogen-bond acceptors (Lipinski definition) is 4. The summed E-state index contributed by atoms with van der Waals surface area (Å²) in [5, 5.41) is 10.9. The lowest BCUT2D eigenvalue weighted by atomic mass is 10.1. The summed E-state index contributed by atoms with van der Waals surface area (Å²) in [4.78, 5) is 12.6. The largest absolute Gasteiger partial charge is 0.506 e. The molecule has 0 atom stereocenters. The Morgan fingerprint density at radius 1 is 1.14 bits per heavy atom. The summed E-state index contributed by atoms with van der Waals surface area (Å²) in [6, 6.07) is 14.8. The fourth-order valence-electron chi connectivity index (χ4n) is 2.16. The number of thiophene rings is 1. The second kappa shape index (κ2) is 6.03. The minimum Gasteiger partial charge on any atom is -0.506 e. The van der Waals surface area contributed by atoms with E-state index in [1.165, 1.54) is 17.4 Å². The summed E-state index contributed by atoms with van der Waals surface area (Å²) >= 11 is 1.30. The number of allylic oxidation sites excluding steroid dienone is 1. The Kier molecular flexibility index (Phi) is 3.94. The van der Waals surface area contributed by atoms with Crippen LogP contribution >= 0.6 is 11.3 Å². The molecule has 1 heterocycles. The molecular formula is C18H14O3S. The van der Waals surface area contributed by atoms with Crippen molar-refractivity contribution in [1.29, 1.82) is 0 Å². The molecule has 1 N–H and O–H groups in total. The van der Waals surface area contributed by atoms with Gasteiger partial charge in [-0.1, -0.05) is 30.3 Å². The van der Waals surface area contributed by atoms with Crippen LogP contribution in [0, 0.1) is 0 Å². The fraction of sp³-hybridized carbons (Fsp3) is 0.0556. The van der Waals surface area contributed by atoms with Gasteiger partial charge in [-0.3, -0.25) is 4.79 Å². The van der Waals surface area contributed by atoms with Gasteiger partial charge in [0.05, 0.1) is 7.11 Å². The van der Waals surface area contributed by atoms with E-state index in [0.717, 1.165) is 16.0 Å². The molecule has 0 unspecified atom stereocenters. The van der Waals surface area contributed by atoms with Gasteiger partial charge in [0.2, 0.25) is 0 Å². The first-order valence-corrected chi connectivity index (χ1v) is 7.57. The van der Waals surface area contributed by atoms with Gasteiger partial charge >= 0.3 is 0 Å². The Bertz CT molecular complexity index is 844. The van der Waals surface area contributed by atoms with Crippen molar-refractivity contribution in [1.82, 2.24) is 0 Å². The summed E-state index contributed by atoms with van der Waals surface area (Å²) in [5.74, 6) is 0.630. The maximum Gasteiger partial charge on any atom is 0.199 e. The molecule has 0 bridgehead atoms. The summed E-state index contributed by atoms with van der Waals surface area (Å²) < 4.78 is 5.99. The molecule has 110 valence electrons. The van der Waals surface area contributed by atoms with Gasteiger partial charge in [-0.15, -0.1) is 11.3 Å². The molecule has 0 aliphatic heterocycles. The number of carbonyl (C=O) groups excluding carboxylic acids is 1. The van der Waals surface area contributed by atoms with Crippen molar-refractivity contribution in [3.8, 4) is 11.5 Å². The number of hydrogen-bond donors (Lipinski definition) is 1. The molecular weight excluding hydrogens is 296 g/mol. The average Bonchev–Trinajstić information content (AvgIpc) is 2.90. The summed E-state index contributed by atoms with van der Waals surface area (Å²) in [5.41, 5.74) is 0.898. The van der Waals surface area contributed by atoms with Gasteiger partial charge in [0.15, 0.2) is 5.78 Å². The second-order valence-corrected chi connectivity index (χ2v) is 5.80. The average molecular weight is 310 g/mol. The number of benzene rings is 2. The normalized spacial score (nSPS) is 11.1. The predicted molar refractivity (Wildman–Crippen MR) is 89.8 cm³/mol. The minimum absolute atomic E-state index is 0.0602. The van der Waals surface area contributed by atoms with Crippen molar-refractivity contribution < 1.29 is 14.6 Å². The zero-order chi connectivity index (χ0) is 15.5. The zero-order valence-electron chi connectivity index (χ0n) is 11.9. The van der Waals surface area contributed by atoms with Gasteiger partial charge in [-0.05, 0) is 35.9 Å². The van der Waals surface area contributed by atoms with Gasteiger partial charge in [0, 0.05) is 10.1 Å². The summed E-state index contributed by atoms with van der Waals surface area (Å²) in [6.07, 6.45) is 3.21. The SMILES string of the molecule is COc1ccc(/C=C/C(=O)c2sc3ccccc3c2O)cc1. The van der Waals surface area contributed by atoms with E-state index in [0.29, 0.717) is 10.3 Å². The Hall–Kier alpha value is -2.59. The summed E-state index contributed by atoms with van der Waals surface area (Å²) in [6.45, 7) is 0. The van der Waals surface area contributed by atoms with Crippen molar-refractivity contribution in [3.63, 3.8) is 0 Å². The van der Waals surface area contributed by atoms with Crippen LogP contribution in [-0.4, -0.2) is 18.0 Å². The predicted octanol–water partition coefficient (Wildman–Crippen LogP) is 4.51. The number of fused-ring (bicyclic) bond motifs is 1. The summed E-state index contributed by atoms with van der Waals surface area (Å²) in [7, 11) is 1.61. The van der Waals surface area contributed by atoms with Crippen LogP contribution in [0.25, 0.3) is 16.2 Å². The third-order valence-corrected chi connectivity index (χ3v) is 4.51. The van der Waals surface area contributed by atoms with Gasteiger partial charge in [-0.25, -0.2) is 0 Å². The van der Waals surface area contributed by atoms with Crippen LogP contribution in [-0.2, 0) is 0 Å². The lowest BCUT2D eigenvalue weighted by Gasteiger charge is -1.99. The maximum atomic E-state index is 12.3. The molecule has 1 aromatic heterocycles. The van der Waals surface area contributed by atoms with E-state index in [1.54, 1.807) is 13.2 Å². The minimum atomic E-state index is -0.200.